The molecule has 2 aromatic rings. The van der Waals surface area contributed by atoms with Crippen LogP contribution in [0.25, 0.3) is 0 Å². The summed E-state index contributed by atoms with van der Waals surface area (Å²) in [5.74, 6) is -0.684. The van der Waals surface area contributed by atoms with Gasteiger partial charge in [-0.25, -0.2) is 0 Å². The Labute approximate surface area is 176 Å². The molecule has 0 radical (unpaired) electrons. The van der Waals surface area contributed by atoms with Crippen LogP contribution in [0.4, 0.5) is 0 Å². The van der Waals surface area contributed by atoms with E-state index < -0.39 is 17.7 Å². The van der Waals surface area contributed by atoms with Crippen molar-refractivity contribution in [3.8, 4) is 5.75 Å². The number of aliphatic hydroxyl groups is 1. The number of hydrogen-bond acceptors (Lipinski definition) is 5. The zero-order valence-corrected chi connectivity index (χ0v) is 17.3. The smallest absolute Gasteiger partial charge is 0.290 e. The maximum atomic E-state index is 13.2. The summed E-state index contributed by atoms with van der Waals surface area (Å²) in [4.78, 5) is 27.6. The van der Waals surface area contributed by atoms with Crippen molar-refractivity contribution in [2.75, 3.05) is 27.4 Å². The fourth-order valence-corrected chi connectivity index (χ4v) is 3.80. The molecule has 6 heteroatoms. The van der Waals surface area contributed by atoms with E-state index in [1.807, 2.05) is 48.5 Å². The van der Waals surface area contributed by atoms with Crippen molar-refractivity contribution in [3.63, 3.8) is 0 Å². The number of carbonyl (C=O) groups excluding carboxylic acids is 2. The molecule has 2 aromatic carbocycles. The second kappa shape index (κ2) is 10.1. The number of benzene rings is 2. The number of aryl methyl sites for hydroxylation is 1. The summed E-state index contributed by atoms with van der Waals surface area (Å²) in [6.07, 6.45) is 1.33. The SMILES string of the molecule is COCCCN1C(=O)C(O)=C(C(=O)CCc2ccccc2)C1c1ccccc1OC. The third-order valence-electron chi connectivity index (χ3n) is 5.27. The molecule has 1 unspecified atom stereocenters. The van der Waals surface area contributed by atoms with Gasteiger partial charge in [0.25, 0.3) is 5.91 Å². The molecule has 158 valence electrons. The van der Waals surface area contributed by atoms with Gasteiger partial charge in [-0.2, -0.15) is 0 Å². The summed E-state index contributed by atoms with van der Waals surface area (Å²) in [6.45, 7) is 0.829. The standard InChI is InChI=1S/C24H27NO5/c1-29-16-8-15-25-22(18-11-6-7-12-20(18)30-2)21(23(27)24(25)28)19(26)14-13-17-9-4-3-5-10-17/h3-7,9-12,22,27H,8,13-16H2,1-2H3. The van der Waals surface area contributed by atoms with Gasteiger partial charge in [-0.15, -0.1) is 0 Å². The molecular formula is C24H27NO5. The minimum absolute atomic E-state index is 0.137. The van der Waals surface area contributed by atoms with E-state index in [9.17, 15) is 14.7 Å². The molecule has 1 aliphatic rings. The Hall–Kier alpha value is -3.12. The first-order valence-corrected chi connectivity index (χ1v) is 10.0. The molecule has 1 amide bonds. The molecule has 0 aromatic heterocycles. The van der Waals surface area contributed by atoms with Crippen molar-refractivity contribution >= 4 is 11.7 Å². The lowest BCUT2D eigenvalue weighted by Crippen LogP contribution is -2.32. The number of nitrogens with zero attached hydrogens (tertiary/aromatic N) is 1. The molecule has 1 heterocycles. The van der Waals surface area contributed by atoms with Crippen LogP contribution in [0.5, 0.6) is 5.75 Å². The van der Waals surface area contributed by atoms with Gasteiger partial charge in [0, 0.05) is 32.2 Å². The van der Waals surface area contributed by atoms with E-state index in [0.717, 1.165) is 5.56 Å². The Bertz CT molecular complexity index is 922. The molecule has 0 bridgehead atoms. The lowest BCUT2D eigenvalue weighted by Gasteiger charge is -2.28. The predicted octanol–water partition coefficient (Wildman–Crippen LogP) is 3.63. The lowest BCUT2D eigenvalue weighted by atomic mass is 9.92. The van der Waals surface area contributed by atoms with E-state index in [1.165, 1.54) is 4.90 Å². The average Bonchev–Trinajstić information content (AvgIpc) is 3.03. The molecular weight excluding hydrogens is 382 g/mol. The fourth-order valence-electron chi connectivity index (χ4n) is 3.80. The number of ketones is 1. The van der Waals surface area contributed by atoms with Crippen LogP contribution in [0.15, 0.2) is 65.9 Å². The Morgan fingerprint density at radius 3 is 2.47 bits per heavy atom. The maximum Gasteiger partial charge on any atom is 0.290 e. The topological polar surface area (TPSA) is 76.1 Å². The number of para-hydroxylation sites is 1. The first-order chi connectivity index (χ1) is 14.6. The largest absolute Gasteiger partial charge is 0.503 e. The Kier molecular flexibility index (Phi) is 7.25. The molecule has 1 aliphatic heterocycles. The van der Waals surface area contributed by atoms with E-state index in [1.54, 1.807) is 20.3 Å². The van der Waals surface area contributed by atoms with Crippen LogP contribution in [0.2, 0.25) is 0 Å². The van der Waals surface area contributed by atoms with E-state index in [0.29, 0.717) is 37.3 Å². The predicted molar refractivity (Wildman–Crippen MR) is 113 cm³/mol. The van der Waals surface area contributed by atoms with Gasteiger partial charge in [-0.05, 0) is 24.5 Å². The van der Waals surface area contributed by atoms with Gasteiger partial charge in [0.15, 0.2) is 11.5 Å². The summed E-state index contributed by atoms with van der Waals surface area (Å²) in [7, 11) is 3.14. The first-order valence-electron chi connectivity index (χ1n) is 10.0. The Morgan fingerprint density at radius 2 is 1.77 bits per heavy atom. The van der Waals surface area contributed by atoms with Crippen LogP contribution in [-0.2, 0) is 20.7 Å². The monoisotopic (exact) mass is 409 g/mol. The van der Waals surface area contributed by atoms with Crippen molar-refractivity contribution in [3.05, 3.63) is 77.1 Å². The molecule has 3 rings (SSSR count). The van der Waals surface area contributed by atoms with Crippen LogP contribution in [0.3, 0.4) is 0 Å². The van der Waals surface area contributed by atoms with Gasteiger partial charge in [0.05, 0.1) is 18.7 Å². The number of aliphatic hydroxyl groups excluding tert-OH is 1. The van der Waals surface area contributed by atoms with Gasteiger partial charge in [-0.3, -0.25) is 9.59 Å². The van der Waals surface area contributed by atoms with Crippen molar-refractivity contribution in [2.45, 2.75) is 25.3 Å². The van der Waals surface area contributed by atoms with Crippen LogP contribution in [0, 0.1) is 0 Å². The molecule has 0 saturated heterocycles. The van der Waals surface area contributed by atoms with E-state index in [4.69, 9.17) is 9.47 Å². The third kappa shape index (κ3) is 4.54. The van der Waals surface area contributed by atoms with Crippen molar-refractivity contribution in [2.24, 2.45) is 0 Å². The van der Waals surface area contributed by atoms with Crippen LogP contribution >= 0.6 is 0 Å². The summed E-state index contributed by atoms with van der Waals surface area (Å²) in [5, 5.41) is 10.6. The lowest BCUT2D eigenvalue weighted by molar-refractivity contribution is -0.129. The van der Waals surface area contributed by atoms with Crippen LogP contribution in [0.1, 0.15) is 30.0 Å². The number of ether oxygens (including phenoxy) is 2. The van der Waals surface area contributed by atoms with E-state index in [2.05, 4.69) is 0 Å². The highest BCUT2D eigenvalue weighted by atomic mass is 16.5. The second-order valence-corrected chi connectivity index (χ2v) is 7.16. The molecule has 6 nitrogen and oxygen atoms in total. The Morgan fingerprint density at radius 1 is 1.07 bits per heavy atom. The minimum Gasteiger partial charge on any atom is -0.503 e. The highest BCUT2D eigenvalue weighted by Crippen LogP contribution is 2.41. The van der Waals surface area contributed by atoms with Crippen LogP contribution < -0.4 is 4.74 Å². The summed E-state index contributed by atoms with van der Waals surface area (Å²) >= 11 is 0. The molecule has 0 fully saturated rings. The van der Waals surface area contributed by atoms with E-state index >= 15 is 0 Å². The van der Waals surface area contributed by atoms with E-state index in [-0.39, 0.29) is 17.8 Å². The number of carbonyl (C=O) groups is 2. The number of hydrogen-bond donors (Lipinski definition) is 1. The quantitative estimate of drug-likeness (QED) is 0.607. The van der Waals surface area contributed by atoms with Crippen LogP contribution in [-0.4, -0.2) is 49.1 Å². The third-order valence-corrected chi connectivity index (χ3v) is 5.27. The van der Waals surface area contributed by atoms with Gasteiger partial charge in [-0.1, -0.05) is 48.5 Å². The second-order valence-electron chi connectivity index (χ2n) is 7.16. The zero-order valence-electron chi connectivity index (χ0n) is 17.3. The molecule has 30 heavy (non-hydrogen) atoms. The minimum atomic E-state index is -0.686. The van der Waals surface area contributed by atoms with Crippen molar-refractivity contribution < 1.29 is 24.2 Å². The number of rotatable bonds is 10. The van der Waals surface area contributed by atoms with Crippen molar-refractivity contribution in [1.29, 1.82) is 0 Å². The number of amides is 1. The normalized spacial score (nSPS) is 16.3. The molecule has 0 saturated carbocycles. The van der Waals surface area contributed by atoms with Gasteiger partial charge in [0.2, 0.25) is 0 Å². The highest BCUT2D eigenvalue weighted by Gasteiger charge is 2.43. The zero-order chi connectivity index (χ0) is 21.5. The number of methoxy groups -OCH3 is 2. The number of Topliss-reactive ketones (excluding diaryl/α,β-unsaturated/α-hetero) is 1. The van der Waals surface area contributed by atoms with Gasteiger partial charge < -0.3 is 19.5 Å². The van der Waals surface area contributed by atoms with Crippen molar-refractivity contribution in [1.82, 2.24) is 4.90 Å². The fraction of sp³-hybridized carbons (Fsp3) is 0.333. The first kappa shape index (κ1) is 21.6. The summed E-state index contributed by atoms with van der Waals surface area (Å²) in [5.41, 5.74) is 1.84. The molecule has 0 spiro atoms. The van der Waals surface area contributed by atoms with Gasteiger partial charge in [0.1, 0.15) is 5.75 Å². The molecule has 1 atom stereocenters. The Balaban J connectivity index is 1.93. The molecule has 1 N–H and O–H groups in total. The maximum absolute atomic E-state index is 13.2. The molecule has 0 aliphatic carbocycles. The summed E-state index contributed by atoms with van der Waals surface area (Å²) < 4.78 is 10.6. The highest BCUT2D eigenvalue weighted by molar-refractivity contribution is 6.09. The van der Waals surface area contributed by atoms with Gasteiger partial charge >= 0.3 is 0 Å². The summed E-state index contributed by atoms with van der Waals surface area (Å²) in [6, 6.07) is 16.3. The average molecular weight is 409 g/mol.